The topological polar surface area (TPSA) is 67.4 Å². The highest BCUT2D eigenvalue weighted by atomic mass is 19.1. The summed E-state index contributed by atoms with van der Waals surface area (Å²) in [5.41, 5.74) is -1.01. The number of anilines is 1. The van der Waals surface area contributed by atoms with Crippen molar-refractivity contribution in [1.29, 1.82) is 0 Å². The molecule has 7 heteroatoms. The molecule has 0 unspecified atom stereocenters. The highest BCUT2D eigenvalue weighted by Gasteiger charge is 2.18. The smallest absolute Gasteiger partial charge is 0.340 e. The zero-order valence-electron chi connectivity index (χ0n) is 12.3. The molecule has 21 heavy (non-hydrogen) atoms. The Hall–Kier alpha value is -2.02. The third-order valence-electron chi connectivity index (χ3n) is 2.52. The van der Waals surface area contributed by atoms with Crippen LogP contribution in [0.3, 0.4) is 0 Å². The maximum absolute atomic E-state index is 13.6. The van der Waals surface area contributed by atoms with Crippen molar-refractivity contribution in [2.45, 2.75) is 26.3 Å². The molecule has 0 aromatic heterocycles. The standard InChI is InChI=1S/C14H18F2N2O3/c1-14(2,3)17-7-12(19)18-11-5-8(13(20)21-4)9(15)6-10(11)16/h5-6,17H,7H2,1-4H3,(H,18,19). The number of methoxy groups -OCH3 is 1. The van der Waals surface area contributed by atoms with E-state index in [-0.39, 0.29) is 17.8 Å². The molecule has 5 nitrogen and oxygen atoms in total. The third kappa shape index (κ3) is 5.11. The molecule has 2 N–H and O–H groups in total. The van der Waals surface area contributed by atoms with Crippen LogP contribution in [0.2, 0.25) is 0 Å². The summed E-state index contributed by atoms with van der Waals surface area (Å²) in [4.78, 5) is 23.0. The van der Waals surface area contributed by atoms with E-state index >= 15 is 0 Å². The minimum atomic E-state index is -1.05. The molecule has 0 aliphatic heterocycles. The summed E-state index contributed by atoms with van der Waals surface area (Å²) in [6, 6.07) is 1.44. The van der Waals surface area contributed by atoms with Crippen LogP contribution in [0.25, 0.3) is 0 Å². The van der Waals surface area contributed by atoms with Crippen molar-refractivity contribution in [3.05, 3.63) is 29.3 Å². The molecule has 0 aliphatic carbocycles. The minimum absolute atomic E-state index is 0.0477. The summed E-state index contributed by atoms with van der Waals surface area (Å²) in [6.07, 6.45) is 0. The number of rotatable bonds is 4. The number of carbonyl (C=O) groups is 2. The van der Waals surface area contributed by atoms with E-state index in [1.54, 1.807) is 0 Å². The fraction of sp³-hybridized carbons (Fsp3) is 0.429. The van der Waals surface area contributed by atoms with Gasteiger partial charge in [-0.1, -0.05) is 0 Å². The molecule has 1 amide bonds. The lowest BCUT2D eigenvalue weighted by Gasteiger charge is -2.20. The molecule has 0 spiro atoms. The first kappa shape index (κ1) is 17.0. The molecule has 1 rings (SSSR count). The molecule has 0 saturated carbocycles. The van der Waals surface area contributed by atoms with Crippen LogP contribution in [-0.4, -0.2) is 31.1 Å². The zero-order valence-corrected chi connectivity index (χ0v) is 12.3. The summed E-state index contributed by atoms with van der Waals surface area (Å²) in [7, 11) is 1.08. The predicted molar refractivity (Wildman–Crippen MR) is 74.1 cm³/mol. The van der Waals surface area contributed by atoms with Crippen molar-refractivity contribution in [2.75, 3.05) is 19.0 Å². The Kier molecular flexibility index (Phi) is 5.37. The van der Waals surface area contributed by atoms with Crippen LogP contribution in [0.15, 0.2) is 12.1 Å². The second-order valence-electron chi connectivity index (χ2n) is 5.46. The van der Waals surface area contributed by atoms with E-state index in [2.05, 4.69) is 15.4 Å². The van der Waals surface area contributed by atoms with Gasteiger partial charge in [-0.2, -0.15) is 0 Å². The fourth-order valence-electron chi connectivity index (χ4n) is 1.45. The molecule has 0 radical (unpaired) electrons. The van der Waals surface area contributed by atoms with Crippen molar-refractivity contribution < 1.29 is 23.1 Å². The SMILES string of the molecule is COC(=O)c1cc(NC(=O)CNC(C)(C)C)c(F)cc1F. The lowest BCUT2D eigenvalue weighted by molar-refractivity contribution is -0.115. The van der Waals surface area contributed by atoms with Crippen molar-refractivity contribution in [3.8, 4) is 0 Å². The van der Waals surface area contributed by atoms with Gasteiger partial charge in [0.2, 0.25) is 5.91 Å². The Morgan fingerprint density at radius 2 is 1.81 bits per heavy atom. The second-order valence-corrected chi connectivity index (χ2v) is 5.46. The monoisotopic (exact) mass is 300 g/mol. The molecule has 0 bridgehead atoms. The quantitative estimate of drug-likeness (QED) is 0.835. The van der Waals surface area contributed by atoms with Gasteiger partial charge >= 0.3 is 5.97 Å². The Morgan fingerprint density at radius 3 is 2.33 bits per heavy atom. The van der Waals surface area contributed by atoms with Crippen molar-refractivity contribution >= 4 is 17.6 Å². The van der Waals surface area contributed by atoms with E-state index in [0.717, 1.165) is 13.2 Å². The van der Waals surface area contributed by atoms with Gasteiger partial charge < -0.3 is 15.4 Å². The molecule has 0 aliphatic rings. The molecule has 0 fully saturated rings. The average molecular weight is 300 g/mol. The average Bonchev–Trinajstić information content (AvgIpc) is 2.38. The van der Waals surface area contributed by atoms with Gasteiger partial charge in [0, 0.05) is 11.6 Å². The summed E-state index contributed by atoms with van der Waals surface area (Å²) < 4.78 is 31.4. The Morgan fingerprint density at radius 1 is 1.19 bits per heavy atom. The Labute approximate surface area is 121 Å². The van der Waals surface area contributed by atoms with Crippen LogP contribution in [-0.2, 0) is 9.53 Å². The van der Waals surface area contributed by atoms with Crippen LogP contribution in [0, 0.1) is 11.6 Å². The molecule has 0 saturated heterocycles. The maximum atomic E-state index is 13.6. The van der Waals surface area contributed by atoms with E-state index in [0.29, 0.717) is 6.07 Å². The number of halogens is 2. The molecule has 0 heterocycles. The van der Waals surface area contributed by atoms with Crippen LogP contribution in [0.4, 0.5) is 14.5 Å². The van der Waals surface area contributed by atoms with Crippen molar-refractivity contribution in [2.24, 2.45) is 0 Å². The molecular formula is C14H18F2N2O3. The van der Waals surface area contributed by atoms with Gasteiger partial charge in [-0.25, -0.2) is 13.6 Å². The van der Waals surface area contributed by atoms with E-state index in [9.17, 15) is 18.4 Å². The van der Waals surface area contributed by atoms with Gasteiger partial charge in [-0.3, -0.25) is 4.79 Å². The van der Waals surface area contributed by atoms with Gasteiger partial charge in [0.25, 0.3) is 0 Å². The number of ether oxygens (including phenoxy) is 1. The Bertz CT molecular complexity index is 554. The normalized spacial score (nSPS) is 11.1. The molecular weight excluding hydrogens is 282 g/mol. The summed E-state index contributed by atoms with van der Waals surface area (Å²) in [5, 5.41) is 5.20. The van der Waals surface area contributed by atoms with Gasteiger partial charge in [-0.05, 0) is 26.8 Å². The maximum Gasteiger partial charge on any atom is 0.340 e. The van der Waals surface area contributed by atoms with Gasteiger partial charge in [0.15, 0.2) is 0 Å². The van der Waals surface area contributed by atoms with Crippen LogP contribution < -0.4 is 10.6 Å². The van der Waals surface area contributed by atoms with Crippen molar-refractivity contribution in [3.63, 3.8) is 0 Å². The van der Waals surface area contributed by atoms with Crippen LogP contribution >= 0.6 is 0 Å². The first-order chi connectivity index (χ1) is 9.64. The highest BCUT2D eigenvalue weighted by molar-refractivity contribution is 5.95. The van der Waals surface area contributed by atoms with E-state index in [4.69, 9.17) is 0 Å². The fourth-order valence-corrected chi connectivity index (χ4v) is 1.45. The number of hydrogen-bond acceptors (Lipinski definition) is 4. The number of carbonyl (C=O) groups excluding carboxylic acids is 2. The van der Waals surface area contributed by atoms with E-state index < -0.39 is 29.1 Å². The number of benzene rings is 1. The lowest BCUT2D eigenvalue weighted by atomic mass is 10.1. The van der Waals surface area contributed by atoms with Gasteiger partial charge in [0.1, 0.15) is 11.6 Å². The summed E-state index contributed by atoms with van der Waals surface area (Å²) >= 11 is 0. The van der Waals surface area contributed by atoms with Crippen LogP contribution in [0.5, 0.6) is 0 Å². The first-order valence-corrected chi connectivity index (χ1v) is 6.26. The minimum Gasteiger partial charge on any atom is -0.465 e. The molecule has 1 aromatic rings. The number of amides is 1. The van der Waals surface area contributed by atoms with E-state index in [1.165, 1.54) is 0 Å². The molecule has 0 atom stereocenters. The summed E-state index contributed by atoms with van der Waals surface area (Å²) in [5.74, 6) is -3.48. The zero-order chi connectivity index (χ0) is 16.2. The van der Waals surface area contributed by atoms with Gasteiger partial charge in [0.05, 0.1) is 24.9 Å². The third-order valence-corrected chi connectivity index (χ3v) is 2.52. The Balaban J connectivity index is 2.88. The summed E-state index contributed by atoms with van der Waals surface area (Å²) in [6.45, 7) is 5.56. The van der Waals surface area contributed by atoms with Crippen molar-refractivity contribution in [1.82, 2.24) is 5.32 Å². The largest absolute Gasteiger partial charge is 0.465 e. The first-order valence-electron chi connectivity index (χ1n) is 6.26. The molecule has 116 valence electrons. The molecule has 1 aromatic carbocycles. The number of nitrogens with one attached hydrogen (secondary N) is 2. The van der Waals surface area contributed by atoms with Gasteiger partial charge in [-0.15, -0.1) is 0 Å². The second kappa shape index (κ2) is 6.62. The number of esters is 1. The van der Waals surface area contributed by atoms with E-state index in [1.807, 2.05) is 20.8 Å². The lowest BCUT2D eigenvalue weighted by Crippen LogP contribution is -2.41. The highest BCUT2D eigenvalue weighted by Crippen LogP contribution is 2.20. The number of hydrogen-bond donors (Lipinski definition) is 2. The van der Waals surface area contributed by atoms with Crippen LogP contribution in [0.1, 0.15) is 31.1 Å². The predicted octanol–water partition coefficient (Wildman–Crippen LogP) is 2.08.